The number of ether oxygens (including phenoxy) is 1. The second-order valence-electron chi connectivity index (χ2n) is 7.86. The first-order valence-corrected chi connectivity index (χ1v) is 11.8. The third-order valence-corrected chi connectivity index (χ3v) is 7.03. The summed E-state index contributed by atoms with van der Waals surface area (Å²) in [7, 11) is 1.60. The minimum absolute atomic E-state index is 0.0558. The average molecular weight is 453 g/mol. The Morgan fingerprint density at radius 3 is 2.50 bits per heavy atom. The standard InChI is InChI=1S/C24H28N4O3S/c1-3-19-15-20-23(25-16-26-24(20)32-19)28-13-11-27(12-14-28)22(30)6-4-5-21(29)17-7-9-18(31-2)10-8-17/h7-10,15-16H,3-6,11-14H2,1-2H3. The zero-order valence-electron chi connectivity index (χ0n) is 18.5. The van der Waals surface area contributed by atoms with E-state index in [9.17, 15) is 9.59 Å². The Kier molecular flexibility index (Phi) is 6.99. The zero-order chi connectivity index (χ0) is 22.5. The van der Waals surface area contributed by atoms with Crippen molar-refractivity contribution in [2.75, 3.05) is 38.2 Å². The highest BCUT2D eigenvalue weighted by Gasteiger charge is 2.23. The lowest BCUT2D eigenvalue weighted by molar-refractivity contribution is -0.131. The van der Waals surface area contributed by atoms with Crippen molar-refractivity contribution in [3.63, 3.8) is 0 Å². The SMILES string of the molecule is CCc1cc2c(N3CCN(C(=O)CCCC(=O)c4ccc(OC)cc4)CC3)ncnc2s1. The second kappa shape index (κ2) is 10.1. The molecular weight excluding hydrogens is 424 g/mol. The Labute approximate surface area is 192 Å². The Morgan fingerprint density at radius 2 is 1.81 bits per heavy atom. The first-order chi connectivity index (χ1) is 15.6. The number of nitrogens with zero attached hydrogens (tertiary/aromatic N) is 4. The number of thiophene rings is 1. The number of benzene rings is 1. The lowest BCUT2D eigenvalue weighted by atomic mass is 10.0. The van der Waals surface area contributed by atoms with Gasteiger partial charge in [0.1, 0.15) is 22.7 Å². The number of rotatable bonds is 8. The van der Waals surface area contributed by atoms with E-state index in [0.29, 0.717) is 37.9 Å². The molecule has 0 unspecified atom stereocenters. The van der Waals surface area contributed by atoms with Gasteiger partial charge in [-0.3, -0.25) is 9.59 Å². The first kappa shape index (κ1) is 22.2. The third-order valence-electron chi connectivity index (χ3n) is 5.85. The maximum Gasteiger partial charge on any atom is 0.222 e. The lowest BCUT2D eigenvalue weighted by Crippen LogP contribution is -2.49. The van der Waals surface area contributed by atoms with Crippen LogP contribution in [0.2, 0.25) is 0 Å². The van der Waals surface area contributed by atoms with Crippen LogP contribution >= 0.6 is 11.3 Å². The van der Waals surface area contributed by atoms with Crippen LogP contribution in [0.25, 0.3) is 10.2 Å². The van der Waals surface area contributed by atoms with Gasteiger partial charge in [0.15, 0.2) is 5.78 Å². The van der Waals surface area contributed by atoms with E-state index in [-0.39, 0.29) is 11.7 Å². The molecule has 1 saturated heterocycles. The van der Waals surface area contributed by atoms with Crippen molar-refractivity contribution in [2.45, 2.75) is 32.6 Å². The monoisotopic (exact) mass is 452 g/mol. The van der Waals surface area contributed by atoms with E-state index in [1.165, 1.54) is 4.88 Å². The molecule has 1 aliphatic heterocycles. The molecule has 0 saturated carbocycles. The fraction of sp³-hybridized carbons (Fsp3) is 0.417. The quantitative estimate of drug-likeness (QED) is 0.482. The maximum absolute atomic E-state index is 12.7. The summed E-state index contributed by atoms with van der Waals surface area (Å²) in [6.45, 7) is 4.98. The number of hydrogen-bond donors (Lipinski definition) is 0. The number of carbonyl (C=O) groups excluding carboxylic acids is 2. The van der Waals surface area contributed by atoms with E-state index in [1.807, 2.05) is 4.90 Å². The van der Waals surface area contributed by atoms with Gasteiger partial charge in [-0.2, -0.15) is 0 Å². The number of aromatic nitrogens is 2. The fourth-order valence-corrected chi connectivity index (χ4v) is 4.90. The molecule has 1 aliphatic rings. The van der Waals surface area contributed by atoms with Gasteiger partial charge in [-0.15, -0.1) is 11.3 Å². The number of aryl methyl sites for hydroxylation is 1. The molecule has 3 aromatic rings. The summed E-state index contributed by atoms with van der Waals surface area (Å²) in [5.41, 5.74) is 0.655. The number of fused-ring (bicyclic) bond motifs is 1. The Morgan fingerprint density at radius 1 is 1.06 bits per heavy atom. The number of carbonyl (C=O) groups is 2. The number of Topliss-reactive ketones (excluding diaryl/α,β-unsaturated/α-hetero) is 1. The zero-order valence-corrected chi connectivity index (χ0v) is 19.4. The van der Waals surface area contributed by atoms with Crippen LogP contribution in [-0.2, 0) is 11.2 Å². The first-order valence-electron chi connectivity index (χ1n) is 11.0. The minimum Gasteiger partial charge on any atom is -0.497 e. The molecule has 0 bridgehead atoms. The van der Waals surface area contributed by atoms with E-state index in [2.05, 4.69) is 27.9 Å². The molecule has 0 aliphatic carbocycles. The van der Waals surface area contributed by atoms with Gasteiger partial charge in [-0.1, -0.05) is 6.92 Å². The van der Waals surface area contributed by atoms with E-state index in [0.717, 1.165) is 41.3 Å². The van der Waals surface area contributed by atoms with Crippen molar-refractivity contribution < 1.29 is 14.3 Å². The number of methoxy groups -OCH3 is 1. The topological polar surface area (TPSA) is 75.6 Å². The van der Waals surface area contributed by atoms with Crippen LogP contribution in [0.3, 0.4) is 0 Å². The van der Waals surface area contributed by atoms with Crippen molar-refractivity contribution in [3.8, 4) is 5.75 Å². The van der Waals surface area contributed by atoms with Crippen LogP contribution in [-0.4, -0.2) is 59.8 Å². The smallest absolute Gasteiger partial charge is 0.222 e. The summed E-state index contributed by atoms with van der Waals surface area (Å²) in [6, 6.07) is 9.28. The average Bonchev–Trinajstić information content (AvgIpc) is 3.27. The molecule has 168 valence electrons. The molecule has 0 radical (unpaired) electrons. The lowest BCUT2D eigenvalue weighted by Gasteiger charge is -2.35. The summed E-state index contributed by atoms with van der Waals surface area (Å²) in [4.78, 5) is 40.4. The van der Waals surface area contributed by atoms with Gasteiger partial charge >= 0.3 is 0 Å². The van der Waals surface area contributed by atoms with Gasteiger partial charge in [0, 0.05) is 49.5 Å². The predicted octanol–water partition coefficient (Wildman–Crippen LogP) is 3.96. The summed E-state index contributed by atoms with van der Waals surface area (Å²) in [5.74, 6) is 1.86. The highest BCUT2D eigenvalue weighted by atomic mass is 32.1. The molecule has 3 heterocycles. The molecule has 8 heteroatoms. The molecule has 2 aromatic heterocycles. The van der Waals surface area contributed by atoms with Crippen LogP contribution in [0.4, 0.5) is 5.82 Å². The maximum atomic E-state index is 12.7. The number of ketones is 1. The van der Waals surface area contributed by atoms with Crippen LogP contribution in [0, 0.1) is 0 Å². The number of anilines is 1. The predicted molar refractivity (Wildman–Crippen MR) is 127 cm³/mol. The molecule has 1 aromatic carbocycles. The van der Waals surface area contributed by atoms with Gasteiger partial charge in [0.05, 0.1) is 12.5 Å². The van der Waals surface area contributed by atoms with Crippen LogP contribution in [0.1, 0.15) is 41.4 Å². The van der Waals surface area contributed by atoms with E-state index in [1.54, 1.807) is 49.0 Å². The minimum atomic E-state index is 0.0558. The Bertz CT molecular complexity index is 1090. The van der Waals surface area contributed by atoms with Crippen molar-refractivity contribution in [3.05, 3.63) is 47.1 Å². The van der Waals surface area contributed by atoms with E-state index < -0.39 is 0 Å². The summed E-state index contributed by atoms with van der Waals surface area (Å²) >= 11 is 1.72. The summed E-state index contributed by atoms with van der Waals surface area (Å²) in [5, 5.41) is 1.10. The number of hydrogen-bond acceptors (Lipinski definition) is 7. The van der Waals surface area contributed by atoms with Crippen molar-refractivity contribution in [2.24, 2.45) is 0 Å². The van der Waals surface area contributed by atoms with Crippen molar-refractivity contribution in [1.82, 2.24) is 14.9 Å². The normalized spacial score (nSPS) is 14.1. The van der Waals surface area contributed by atoms with Gasteiger partial charge in [0.25, 0.3) is 0 Å². The van der Waals surface area contributed by atoms with Crippen LogP contribution < -0.4 is 9.64 Å². The highest BCUT2D eigenvalue weighted by Crippen LogP contribution is 2.31. The molecule has 0 atom stereocenters. The Hall–Kier alpha value is -3.00. The number of amides is 1. The largest absolute Gasteiger partial charge is 0.497 e. The molecule has 4 rings (SSSR count). The molecule has 0 spiro atoms. The Balaban J connectivity index is 1.26. The van der Waals surface area contributed by atoms with Gasteiger partial charge in [0.2, 0.25) is 5.91 Å². The van der Waals surface area contributed by atoms with Gasteiger partial charge in [-0.05, 0) is 43.2 Å². The van der Waals surface area contributed by atoms with Gasteiger partial charge < -0.3 is 14.5 Å². The van der Waals surface area contributed by atoms with Gasteiger partial charge in [-0.25, -0.2) is 9.97 Å². The molecule has 0 N–H and O–H groups in total. The highest BCUT2D eigenvalue weighted by molar-refractivity contribution is 7.18. The molecular formula is C24H28N4O3S. The summed E-state index contributed by atoms with van der Waals surface area (Å²) < 4.78 is 5.12. The molecule has 1 fully saturated rings. The van der Waals surface area contributed by atoms with E-state index in [4.69, 9.17) is 4.74 Å². The van der Waals surface area contributed by atoms with Crippen molar-refractivity contribution in [1.29, 1.82) is 0 Å². The summed E-state index contributed by atoms with van der Waals surface area (Å²) in [6.07, 6.45) is 3.94. The van der Waals surface area contributed by atoms with Crippen LogP contribution in [0.5, 0.6) is 5.75 Å². The molecule has 7 nitrogen and oxygen atoms in total. The molecule has 1 amide bonds. The fourth-order valence-electron chi connectivity index (χ4n) is 3.97. The van der Waals surface area contributed by atoms with Crippen molar-refractivity contribution >= 4 is 39.1 Å². The van der Waals surface area contributed by atoms with E-state index >= 15 is 0 Å². The number of piperazine rings is 1. The van der Waals surface area contributed by atoms with Crippen LogP contribution in [0.15, 0.2) is 36.7 Å². The second-order valence-corrected chi connectivity index (χ2v) is 8.97. The molecule has 32 heavy (non-hydrogen) atoms. The third kappa shape index (κ3) is 4.91.